The molecule has 1 aliphatic rings. The topological polar surface area (TPSA) is 71.2 Å². The number of nitrogens with one attached hydrogen (secondary N) is 1. The maximum atomic E-state index is 12.2. The molecule has 3 N–H and O–H groups in total. The second-order valence-corrected chi connectivity index (χ2v) is 7.05. The first-order valence-corrected chi connectivity index (χ1v) is 8.64. The van der Waals surface area contributed by atoms with Crippen LogP contribution in [-0.4, -0.2) is 48.0 Å². The van der Waals surface area contributed by atoms with Crippen molar-refractivity contribution in [2.45, 2.75) is 39.2 Å². The minimum Gasteiger partial charge on any atom is -0.348 e. The molecule has 0 atom stereocenters. The van der Waals surface area contributed by atoms with Crippen molar-refractivity contribution >= 4 is 42.1 Å². The SMILES string of the molecule is CC(C)CN1CCC(NC(=O)c2csc(CCN)n2)CC1.Cl.Cl. The van der Waals surface area contributed by atoms with Gasteiger partial charge in [-0.25, -0.2) is 4.98 Å². The number of carbonyl (C=O) groups excluding carboxylic acids is 1. The van der Waals surface area contributed by atoms with Gasteiger partial charge in [-0.05, 0) is 25.3 Å². The number of amides is 1. The second-order valence-electron chi connectivity index (χ2n) is 6.11. The molecule has 0 unspecified atom stereocenters. The number of nitrogens with zero attached hydrogens (tertiary/aromatic N) is 2. The third-order valence-corrected chi connectivity index (χ3v) is 4.60. The molecular formula is C15H28Cl2N4OS. The summed E-state index contributed by atoms with van der Waals surface area (Å²) in [5.74, 6) is 0.656. The maximum Gasteiger partial charge on any atom is 0.270 e. The molecule has 2 rings (SSSR count). The number of thiazole rings is 1. The first-order chi connectivity index (χ1) is 10.1. The summed E-state index contributed by atoms with van der Waals surface area (Å²) in [6.07, 6.45) is 2.79. The molecule has 0 aliphatic carbocycles. The van der Waals surface area contributed by atoms with Crippen LogP contribution in [0.25, 0.3) is 0 Å². The zero-order chi connectivity index (χ0) is 15.2. The van der Waals surface area contributed by atoms with E-state index < -0.39 is 0 Å². The fraction of sp³-hybridized carbons (Fsp3) is 0.733. The molecule has 0 radical (unpaired) electrons. The number of nitrogens with two attached hydrogens (primary N) is 1. The number of piperidine rings is 1. The Morgan fingerprint density at radius 1 is 1.43 bits per heavy atom. The predicted octanol–water partition coefficient (Wildman–Crippen LogP) is 2.34. The van der Waals surface area contributed by atoms with Crippen LogP contribution in [0, 0.1) is 5.92 Å². The monoisotopic (exact) mass is 382 g/mol. The maximum absolute atomic E-state index is 12.2. The highest BCUT2D eigenvalue weighted by atomic mass is 35.5. The first kappa shape index (κ1) is 22.6. The molecule has 0 spiro atoms. The lowest BCUT2D eigenvalue weighted by Crippen LogP contribution is -2.45. The van der Waals surface area contributed by atoms with Crippen LogP contribution in [-0.2, 0) is 6.42 Å². The Morgan fingerprint density at radius 2 is 2.09 bits per heavy atom. The lowest BCUT2D eigenvalue weighted by Gasteiger charge is -2.33. The van der Waals surface area contributed by atoms with Crippen molar-refractivity contribution in [2.24, 2.45) is 11.7 Å². The average molecular weight is 383 g/mol. The fourth-order valence-corrected chi connectivity index (χ4v) is 3.48. The highest BCUT2D eigenvalue weighted by Gasteiger charge is 2.22. The molecule has 0 saturated carbocycles. The molecule has 1 saturated heterocycles. The van der Waals surface area contributed by atoms with E-state index in [-0.39, 0.29) is 36.8 Å². The van der Waals surface area contributed by atoms with Gasteiger partial charge in [0.05, 0.1) is 5.01 Å². The molecule has 5 nitrogen and oxygen atoms in total. The molecule has 8 heteroatoms. The molecule has 23 heavy (non-hydrogen) atoms. The van der Waals surface area contributed by atoms with E-state index in [9.17, 15) is 4.79 Å². The summed E-state index contributed by atoms with van der Waals surface area (Å²) in [6.45, 7) is 8.35. The molecule has 1 aromatic heterocycles. The van der Waals surface area contributed by atoms with E-state index in [1.807, 2.05) is 5.38 Å². The van der Waals surface area contributed by atoms with E-state index in [0.29, 0.717) is 18.2 Å². The third-order valence-electron chi connectivity index (χ3n) is 3.69. The smallest absolute Gasteiger partial charge is 0.270 e. The normalized spacial score (nSPS) is 15.8. The lowest BCUT2D eigenvalue weighted by molar-refractivity contribution is 0.0903. The predicted molar refractivity (Wildman–Crippen MR) is 101 cm³/mol. The van der Waals surface area contributed by atoms with Gasteiger partial charge in [0.15, 0.2) is 0 Å². The quantitative estimate of drug-likeness (QED) is 0.791. The number of aromatic nitrogens is 1. The fourth-order valence-electron chi connectivity index (χ4n) is 2.69. The van der Waals surface area contributed by atoms with Crippen LogP contribution >= 0.6 is 36.2 Å². The highest BCUT2D eigenvalue weighted by molar-refractivity contribution is 7.09. The summed E-state index contributed by atoms with van der Waals surface area (Å²) in [6, 6.07) is 0.278. The van der Waals surface area contributed by atoms with Crippen LogP contribution in [0.15, 0.2) is 5.38 Å². The van der Waals surface area contributed by atoms with Gasteiger partial charge in [0, 0.05) is 37.5 Å². The average Bonchev–Trinajstić information content (AvgIpc) is 2.89. The minimum absolute atomic E-state index is 0. The zero-order valence-corrected chi connectivity index (χ0v) is 16.2. The molecule has 2 heterocycles. The van der Waals surface area contributed by atoms with Gasteiger partial charge < -0.3 is 16.0 Å². The Morgan fingerprint density at radius 3 is 2.65 bits per heavy atom. The van der Waals surface area contributed by atoms with Gasteiger partial charge in [-0.1, -0.05) is 13.8 Å². The van der Waals surface area contributed by atoms with Crippen LogP contribution in [0.3, 0.4) is 0 Å². The second kappa shape index (κ2) is 11.2. The molecule has 1 amide bonds. The highest BCUT2D eigenvalue weighted by Crippen LogP contribution is 2.14. The van der Waals surface area contributed by atoms with Crippen molar-refractivity contribution in [2.75, 3.05) is 26.2 Å². The Hall–Kier alpha value is -0.400. The summed E-state index contributed by atoms with van der Waals surface area (Å²) >= 11 is 1.51. The minimum atomic E-state index is -0.0446. The number of hydrogen-bond donors (Lipinski definition) is 2. The van der Waals surface area contributed by atoms with Gasteiger partial charge in [-0.15, -0.1) is 36.2 Å². The van der Waals surface area contributed by atoms with Gasteiger partial charge in [-0.2, -0.15) is 0 Å². The van der Waals surface area contributed by atoms with Crippen molar-refractivity contribution in [1.29, 1.82) is 0 Å². The summed E-state index contributed by atoms with van der Waals surface area (Å²) in [4.78, 5) is 19.0. The van der Waals surface area contributed by atoms with Crippen LogP contribution in [0.4, 0.5) is 0 Å². The molecule has 0 bridgehead atoms. The van der Waals surface area contributed by atoms with Crippen LogP contribution in [0.1, 0.15) is 42.2 Å². The zero-order valence-electron chi connectivity index (χ0n) is 13.8. The van der Waals surface area contributed by atoms with Gasteiger partial charge in [0.2, 0.25) is 0 Å². The van der Waals surface area contributed by atoms with E-state index in [4.69, 9.17) is 5.73 Å². The first-order valence-electron chi connectivity index (χ1n) is 7.76. The van der Waals surface area contributed by atoms with Gasteiger partial charge in [0.25, 0.3) is 5.91 Å². The third kappa shape index (κ3) is 7.35. The summed E-state index contributed by atoms with van der Waals surface area (Å²) < 4.78 is 0. The van der Waals surface area contributed by atoms with Crippen molar-refractivity contribution < 1.29 is 4.79 Å². The summed E-state index contributed by atoms with van der Waals surface area (Å²) in [5, 5.41) is 5.88. The Balaban J connectivity index is 0.00000242. The van der Waals surface area contributed by atoms with Crippen LogP contribution in [0.5, 0.6) is 0 Å². The number of rotatable bonds is 6. The molecule has 1 aliphatic heterocycles. The Bertz CT molecular complexity index is 462. The van der Waals surface area contributed by atoms with Gasteiger partial charge in [-0.3, -0.25) is 4.79 Å². The molecule has 134 valence electrons. The largest absolute Gasteiger partial charge is 0.348 e. The molecule has 1 aromatic rings. The molecular weight excluding hydrogens is 355 g/mol. The standard InChI is InChI=1S/C15H26N4OS.2ClH/c1-11(2)9-19-7-4-12(5-8-19)17-15(20)13-10-21-14(18-13)3-6-16;;/h10-12H,3-9,16H2,1-2H3,(H,17,20);2*1H. The number of halogens is 2. The van der Waals surface area contributed by atoms with E-state index in [0.717, 1.165) is 43.9 Å². The van der Waals surface area contributed by atoms with Gasteiger partial charge >= 0.3 is 0 Å². The number of hydrogen-bond acceptors (Lipinski definition) is 5. The molecule has 1 fully saturated rings. The van der Waals surface area contributed by atoms with Crippen LogP contribution < -0.4 is 11.1 Å². The van der Waals surface area contributed by atoms with Crippen molar-refractivity contribution in [3.63, 3.8) is 0 Å². The summed E-state index contributed by atoms with van der Waals surface area (Å²) in [5.41, 5.74) is 6.04. The Kier molecular flexibility index (Phi) is 11.0. The van der Waals surface area contributed by atoms with Crippen molar-refractivity contribution in [3.05, 3.63) is 16.1 Å². The number of carbonyl (C=O) groups is 1. The van der Waals surface area contributed by atoms with Crippen molar-refractivity contribution in [3.8, 4) is 0 Å². The molecule has 0 aromatic carbocycles. The van der Waals surface area contributed by atoms with E-state index in [2.05, 4.69) is 29.0 Å². The van der Waals surface area contributed by atoms with Crippen molar-refractivity contribution in [1.82, 2.24) is 15.2 Å². The lowest BCUT2D eigenvalue weighted by atomic mass is 10.0. The van der Waals surface area contributed by atoms with E-state index in [1.54, 1.807) is 0 Å². The van der Waals surface area contributed by atoms with Crippen LogP contribution in [0.2, 0.25) is 0 Å². The van der Waals surface area contributed by atoms with E-state index >= 15 is 0 Å². The Labute approximate surface area is 155 Å². The van der Waals surface area contributed by atoms with E-state index in [1.165, 1.54) is 11.3 Å². The number of likely N-dealkylation sites (tertiary alicyclic amines) is 1. The summed E-state index contributed by atoms with van der Waals surface area (Å²) in [7, 11) is 0. The van der Waals surface area contributed by atoms with Gasteiger partial charge in [0.1, 0.15) is 5.69 Å².